The van der Waals surface area contributed by atoms with E-state index < -0.39 is 9.84 Å². The van der Waals surface area contributed by atoms with E-state index in [2.05, 4.69) is 21.2 Å². The van der Waals surface area contributed by atoms with E-state index in [-0.39, 0.29) is 30.0 Å². The van der Waals surface area contributed by atoms with Crippen molar-refractivity contribution in [1.82, 2.24) is 10.2 Å². The second-order valence-electron chi connectivity index (χ2n) is 5.80. The molecule has 0 aliphatic carbocycles. The van der Waals surface area contributed by atoms with E-state index in [1.54, 1.807) is 7.11 Å². The number of amides is 1. The smallest absolute Gasteiger partial charge is 0.234 e. The van der Waals surface area contributed by atoms with Crippen molar-refractivity contribution >= 4 is 31.7 Å². The Morgan fingerprint density at radius 3 is 2.83 bits per heavy atom. The van der Waals surface area contributed by atoms with E-state index in [0.29, 0.717) is 13.0 Å². The van der Waals surface area contributed by atoms with Gasteiger partial charge in [-0.3, -0.25) is 9.69 Å². The lowest BCUT2D eigenvalue weighted by molar-refractivity contribution is -0.122. The van der Waals surface area contributed by atoms with Crippen LogP contribution in [-0.4, -0.2) is 57.5 Å². The first-order valence-electron chi connectivity index (χ1n) is 7.30. The van der Waals surface area contributed by atoms with Crippen LogP contribution in [0.1, 0.15) is 12.0 Å². The highest BCUT2D eigenvalue weighted by atomic mass is 79.9. The predicted octanol–water partition coefficient (Wildman–Crippen LogP) is 1.19. The molecule has 6 nitrogen and oxygen atoms in total. The second-order valence-corrected chi connectivity index (χ2v) is 8.94. The van der Waals surface area contributed by atoms with Gasteiger partial charge >= 0.3 is 0 Å². The van der Waals surface area contributed by atoms with Crippen LogP contribution in [-0.2, 0) is 21.2 Å². The summed E-state index contributed by atoms with van der Waals surface area (Å²) in [6.07, 6.45) is 0.497. The van der Waals surface area contributed by atoms with E-state index in [1.165, 1.54) is 0 Å². The minimum atomic E-state index is -2.98. The Bertz CT molecular complexity index is 678. The average molecular weight is 405 g/mol. The fourth-order valence-corrected chi connectivity index (χ4v) is 4.73. The molecule has 1 aromatic rings. The van der Waals surface area contributed by atoms with E-state index in [9.17, 15) is 13.2 Å². The van der Waals surface area contributed by atoms with E-state index in [0.717, 1.165) is 15.8 Å². The molecule has 0 radical (unpaired) electrons. The maximum Gasteiger partial charge on any atom is 0.234 e. The molecule has 0 bridgehead atoms. The van der Waals surface area contributed by atoms with Crippen molar-refractivity contribution in [3.05, 3.63) is 28.2 Å². The molecule has 0 spiro atoms. The van der Waals surface area contributed by atoms with Gasteiger partial charge in [0.25, 0.3) is 0 Å². The molecule has 1 heterocycles. The Labute approximate surface area is 145 Å². The van der Waals surface area contributed by atoms with Gasteiger partial charge in [0.05, 0.1) is 25.2 Å². The minimum Gasteiger partial charge on any atom is -0.496 e. The highest BCUT2D eigenvalue weighted by Gasteiger charge is 2.29. The zero-order chi connectivity index (χ0) is 17.0. The molecule has 1 aliphatic rings. The molecule has 1 amide bonds. The number of hydrogen-bond donors (Lipinski definition) is 1. The number of rotatable bonds is 6. The third-order valence-corrected chi connectivity index (χ3v) is 5.95. The third-order valence-electron chi connectivity index (χ3n) is 3.69. The zero-order valence-corrected chi connectivity index (χ0v) is 15.6. The third kappa shape index (κ3) is 5.47. The number of halogens is 1. The van der Waals surface area contributed by atoms with Gasteiger partial charge in [0.2, 0.25) is 5.91 Å². The first-order valence-corrected chi connectivity index (χ1v) is 9.91. The SMILES string of the molecule is COc1ccc(Br)cc1CN(C)CC(=O)N[C@H]1CCS(=O)(=O)C1. The molecule has 1 saturated heterocycles. The molecule has 128 valence electrons. The largest absolute Gasteiger partial charge is 0.496 e. The van der Waals surface area contributed by atoms with Gasteiger partial charge in [-0.2, -0.15) is 0 Å². The van der Waals surface area contributed by atoms with Crippen molar-refractivity contribution in [1.29, 1.82) is 0 Å². The number of hydrogen-bond acceptors (Lipinski definition) is 5. The summed E-state index contributed by atoms with van der Waals surface area (Å²) in [4.78, 5) is 13.9. The van der Waals surface area contributed by atoms with Gasteiger partial charge in [-0.1, -0.05) is 15.9 Å². The molecule has 1 atom stereocenters. The number of benzene rings is 1. The van der Waals surface area contributed by atoms with Gasteiger partial charge in [-0.05, 0) is 31.7 Å². The molecule has 23 heavy (non-hydrogen) atoms. The molecule has 8 heteroatoms. The molecular formula is C15H21BrN2O4S. The van der Waals surface area contributed by atoms with E-state index in [4.69, 9.17) is 4.74 Å². The number of methoxy groups -OCH3 is 1. The fourth-order valence-electron chi connectivity index (χ4n) is 2.64. The van der Waals surface area contributed by atoms with Crippen LogP contribution in [0.4, 0.5) is 0 Å². The quantitative estimate of drug-likeness (QED) is 0.770. The van der Waals surface area contributed by atoms with Crippen LogP contribution in [0.5, 0.6) is 5.75 Å². The van der Waals surface area contributed by atoms with Crippen LogP contribution in [0.15, 0.2) is 22.7 Å². The number of sulfone groups is 1. The van der Waals surface area contributed by atoms with Gasteiger partial charge in [-0.25, -0.2) is 8.42 Å². The summed E-state index contributed by atoms with van der Waals surface area (Å²) in [6, 6.07) is 5.46. The van der Waals surface area contributed by atoms with Crippen molar-refractivity contribution < 1.29 is 17.9 Å². The number of likely N-dealkylation sites (N-methyl/N-ethyl adjacent to an activating group) is 1. The molecule has 1 N–H and O–H groups in total. The maximum atomic E-state index is 12.0. The van der Waals surface area contributed by atoms with Crippen LogP contribution < -0.4 is 10.1 Å². The topological polar surface area (TPSA) is 75.7 Å². The van der Waals surface area contributed by atoms with Crippen molar-refractivity contribution in [3.8, 4) is 5.75 Å². The summed E-state index contributed by atoms with van der Waals surface area (Å²) in [5.41, 5.74) is 0.973. The monoisotopic (exact) mass is 404 g/mol. The second kappa shape index (κ2) is 7.63. The van der Waals surface area contributed by atoms with Gasteiger partial charge in [-0.15, -0.1) is 0 Å². The first-order chi connectivity index (χ1) is 10.8. The van der Waals surface area contributed by atoms with Crippen LogP contribution in [0.25, 0.3) is 0 Å². The lowest BCUT2D eigenvalue weighted by atomic mass is 10.2. The van der Waals surface area contributed by atoms with Gasteiger partial charge in [0.1, 0.15) is 5.75 Å². The number of carbonyl (C=O) groups is 1. The molecular weight excluding hydrogens is 384 g/mol. The predicted molar refractivity (Wildman–Crippen MR) is 92.2 cm³/mol. The number of nitrogens with one attached hydrogen (secondary N) is 1. The highest BCUT2D eigenvalue weighted by molar-refractivity contribution is 9.10. The summed E-state index contributed by atoms with van der Waals surface area (Å²) in [5.74, 6) is 0.802. The number of nitrogens with zero attached hydrogens (tertiary/aromatic N) is 1. The zero-order valence-electron chi connectivity index (χ0n) is 13.2. The fraction of sp³-hybridized carbons (Fsp3) is 0.533. The summed E-state index contributed by atoms with van der Waals surface area (Å²) < 4.78 is 29.1. The van der Waals surface area contributed by atoms with Crippen LogP contribution in [0.3, 0.4) is 0 Å². The van der Waals surface area contributed by atoms with Gasteiger partial charge in [0, 0.05) is 22.6 Å². The van der Waals surface area contributed by atoms with Crippen molar-refractivity contribution in [2.24, 2.45) is 0 Å². The summed E-state index contributed by atoms with van der Waals surface area (Å²) in [7, 11) is 0.468. The lowest BCUT2D eigenvalue weighted by Crippen LogP contribution is -2.41. The Balaban J connectivity index is 1.88. The van der Waals surface area contributed by atoms with Crippen LogP contribution >= 0.6 is 15.9 Å². The molecule has 1 aromatic carbocycles. The van der Waals surface area contributed by atoms with Crippen LogP contribution in [0, 0.1) is 0 Å². The van der Waals surface area contributed by atoms with Crippen molar-refractivity contribution in [3.63, 3.8) is 0 Å². The Morgan fingerprint density at radius 2 is 2.22 bits per heavy atom. The molecule has 0 aromatic heterocycles. The summed E-state index contributed by atoms with van der Waals surface area (Å²) >= 11 is 3.43. The molecule has 1 aliphatic heterocycles. The Kier molecular flexibility index (Phi) is 6.05. The average Bonchev–Trinajstić information content (AvgIpc) is 2.77. The first kappa shape index (κ1) is 18.2. The molecule has 2 rings (SSSR count). The maximum absolute atomic E-state index is 12.0. The minimum absolute atomic E-state index is 0.0436. The molecule has 0 saturated carbocycles. The number of carbonyl (C=O) groups excluding carboxylic acids is 1. The lowest BCUT2D eigenvalue weighted by Gasteiger charge is -2.19. The number of ether oxygens (including phenoxy) is 1. The summed E-state index contributed by atoms with van der Waals surface area (Å²) in [5, 5.41) is 2.79. The van der Waals surface area contributed by atoms with Crippen LogP contribution in [0.2, 0.25) is 0 Å². The Morgan fingerprint density at radius 1 is 1.48 bits per heavy atom. The standard InChI is InChI=1S/C15H21BrN2O4S/c1-18(8-11-7-12(16)3-4-14(11)22-2)9-15(19)17-13-5-6-23(20,21)10-13/h3-4,7,13H,5-6,8-10H2,1-2H3,(H,17,19)/t13-/m0/s1. The van der Waals surface area contributed by atoms with Crippen molar-refractivity contribution in [2.45, 2.75) is 19.0 Å². The van der Waals surface area contributed by atoms with E-state index in [1.807, 2.05) is 30.1 Å². The Hall–Kier alpha value is -1.12. The highest BCUT2D eigenvalue weighted by Crippen LogP contribution is 2.24. The van der Waals surface area contributed by atoms with Gasteiger partial charge < -0.3 is 10.1 Å². The van der Waals surface area contributed by atoms with E-state index >= 15 is 0 Å². The molecule has 0 unspecified atom stereocenters. The molecule has 1 fully saturated rings. The van der Waals surface area contributed by atoms with Gasteiger partial charge in [0.15, 0.2) is 9.84 Å². The summed E-state index contributed by atoms with van der Waals surface area (Å²) in [6.45, 7) is 0.755. The normalized spacial score (nSPS) is 19.7. The van der Waals surface area contributed by atoms with Crippen molar-refractivity contribution in [2.75, 3.05) is 32.2 Å².